The Morgan fingerprint density at radius 3 is 2.96 bits per heavy atom. The Balaban J connectivity index is 0.00000210. The lowest BCUT2D eigenvalue weighted by Gasteiger charge is -2.25. The van der Waals surface area contributed by atoms with Gasteiger partial charge >= 0.3 is 0 Å². The number of aromatic nitrogens is 3. The average molecular weight is 485 g/mol. The second kappa shape index (κ2) is 9.54. The van der Waals surface area contributed by atoms with Gasteiger partial charge in [-0.1, -0.05) is 0 Å². The summed E-state index contributed by atoms with van der Waals surface area (Å²) < 4.78 is 5.33. The summed E-state index contributed by atoms with van der Waals surface area (Å²) in [4.78, 5) is 14.2. The van der Waals surface area contributed by atoms with Crippen LogP contribution in [0.5, 0.6) is 0 Å². The SMILES string of the molecule is CCNC(=NCc1nc(-c2ccco2)n[nH]1)N1CCC(N2CCCC2)C1.I. The molecule has 8 nitrogen and oxygen atoms in total. The van der Waals surface area contributed by atoms with Gasteiger partial charge in [-0.2, -0.15) is 0 Å². The number of H-pyrrole nitrogens is 1. The molecule has 0 radical (unpaired) electrons. The minimum atomic E-state index is 0. The fourth-order valence-corrected chi connectivity index (χ4v) is 3.80. The fraction of sp³-hybridized carbons (Fsp3) is 0.611. The molecule has 1 atom stereocenters. The first kappa shape index (κ1) is 20.1. The third kappa shape index (κ3) is 4.81. The highest BCUT2D eigenvalue weighted by molar-refractivity contribution is 14.0. The van der Waals surface area contributed by atoms with Crippen LogP contribution in [0.1, 0.15) is 32.0 Å². The molecule has 2 aliphatic rings. The molecule has 4 heterocycles. The van der Waals surface area contributed by atoms with Crippen molar-refractivity contribution in [3.8, 4) is 11.6 Å². The quantitative estimate of drug-likeness (QED) is 0.384. The number of halogens is 1. The number of aliphatic imine (C=N–C) groups is 1. The first-order valence-electron chi connectivity index (χ1n) is 9.56. The molecule has 0 aliphatic carbocycles. The molecule has 1 unspecified atom stereocenters. The van der Waals surface area contributed by atoms with Gasteiger partial charge in [0.05, 0.1) is 6.26 Å². The van der Waals surface area contributed by atoms with E-state index in [1.54, 1.807) is 6.26 Å². The van der Waals surface area contributed by atoms with Gasteiger partial charge in [-0.3, -0.25) is 10.00 Å². The van der Waals surface area contributed by atoms with E-state index in [-0.39, 0.29) is 24.0 Å². The zero-order chi connectivity index (χ0) is 17.8. The Morgan fingerprint density at radius 1 is 1.37 bits per heavy atom. The highest BCUT2D eigenvalue weighted by Gasteiger charge is 2.30. The van der Waals surface area contributed by atoms with E-state index in [2.05, 4.69) is 37.2 Å². The zero-order valence-corrected chi connectivity index (χ0v) is 18.1. The first-order valence-corrected chi connectivity index (χ1v) is 9.56. The maximum atomic E-state index is 5.33. The normalized spacial score (nSPS) is 20.9. The van der Waals surface area contributed by atoms with Gasteiger partial charge in [0.1, 0.15) is 12.4 Å². The molecule has 2 saturated heterocycles. The smallest absolute Gasteiger partial charge is 0.216 e. The summed E-state index contributed by atoms with van der Waals surface area (Å²) in [6.07, 6.45) is 5.52. The molecule has 27 heavy (non-hydrogen) atoms. The third-order valence-electron chi connectivity index (χ3n) is 5.11. The molecule has 148 valence electrons. The van der Waals surface area contributed by atoms with Crippen molar-refractivity contribution >= 4 is 29.9 Å². The molecule has 0 bridgehead atoms. The second-order valence-corrected chi connectivity index (χ2v) is 6.88. The van der Waals surface area contributed by atoms with Crippen molar-refractivity contribution in [2.24, 2.45) is 4.99 Å². The lowest BCUT2D eigenvalue weighted by atomic mass is 10.2. The summed E-state index contributed by atoms with van der Waals surface area (Å²) in [5.41, 5.74) is 0. The summed E-state index contributed by atoms with van der Waals surface area (Å²) in [6.45, 7) is 8.05. The Hall–Kier alpha value is -1.62. The molecule has 2 N–H and O–H groups in total. The van der Waals surface area contributed by atoms with Crippen LogP contribution in [0.4, 0.5) is 0 Å². The molecular weight excluding hydrogens is 457 g/mol. The molecule has 9 heteroatoms. The number of furan rings is 1. The van der Waals surface area contributed by atoms with Gasteiger partial charge in [0.15, 0.2) is 11.7 Å². The summed E-state index contributed by atoms with van der Waals surface area (Å²) in [6, 6.07) is 4.34. The number of rotatable bonds is 5. The molecule has 4 rings (SSSR count). The molecular formula is C18H28IN7O. The molecule has 0 saturated carbocycles. The van der Waals surface area contributed by atoms with E-state index < -0.39 is 0 Å². The number of nitrogens with zero attached hydrogens (tertiary/aromatic N) is 5. The van der Waals surface area contributed by atoms with E-state index >= 15 is 0 Å². The van der Waals surface area contributed by atoms with Crippen LogP contribution in [-0.2, 0) is 6.54 Å². The number of nitrogens with one attached hydrogen (secondary N) is 2. The summed E-state index contributed by atoms with van der Waals surface area (Å²) in [7, 11) is 0. The topological polar surface area (TPSA) is 85.6 Å². The van der Waals surface area contributed by atoms with Crippen LogP contribution in [0.3, 0.4) is 0 Å². The van der Waals surface area contributed by atoms with Crippen molar-refractivity contribution in [3.63, 3.8) is 0 Å². The largest absolute Gasteiger partial charge is 0.461 e. The second-order valence-electron chi connectivity index (χ2n) is 6.88. The molecule has 2 fully saturated rings. The van der Waals surface area contributed by atoms with Gasteiger partial charge in [-0.05, 0) is 51.4 Å². The highest BCUT2D eigenvalue weighted by Crippen LogP contribution is 2.20. The van der Waals surface area contributed by atoms with Crippen LogP contribution < -0.4 is 5.32 Å². The number of guanidine groups is 1. The van der Waals surface area contributed by atoms with Gasteiger partial charge in [-0.15, -0.1) is 29.1 Å². The van der Waals surface area contributed by atoms with Gasteiger partial charge in [0.25, 0.3) is 0 Å². The van der Waals surface area contributed by atoms with Crippen LogP contribution in [0.25, 0.3) is 11.6 Å². The minimum Gasteiger partial charge on any atom is -0.461 e. The van der Waals surface area contributed by atoms with E-state index in [0.29, 0.717) is 24.2 Å². The maximum absolute atomic E-state index is 5.33. The van der Waals surface area contributed by atoms with Gasteiger partial charge in [-0.25, -0.2) is 9.98 Å². The number of hydrogen-bond acceptors (Lipinski definition) is 5. The molecule has 0 amide bonds. The van der Waals surface area contributed by atoms with Crippen molar-refractivity contribution in [1.82, 2.24) is 30.3 Å². The van der Waals surface area contributed by atoms with Crippen molar-refractivity contribution in [1.29, 1.82) is 0 Å². The predicted molar refractivity (Wildman–Crippen MR) is 115 cm³/mol. The minimum absolute atomic E-state index is 0. The Morgan fingerprint density at radius 2 is 2.22 bits per heavy atom. The Bertz CT molecular complexity index is 724. The van der Waals surface area contributed by atoms with Crippen molar-refractivity contribution < 1.29 is 4.42 Å². The zero-order valence-electron chi connectivity index (χ0n) is 15.7. The molecule has 2 aromatic rings. The van der Waals surface area contributed by atoms with E-state index in [0.717, 1.165) is 31.4 Å². The number of hydrogen-bond donors (Lipinski definition) is 2. The van der Waals surface area contributed by atoms with E-state index in [1.807, 2.05) is 12.1 Å². The monoisotopic (exact) mass is 485 g/mol. The Labute approximate surface area is 176 Å². The van der Waals surface area contributed by atoms with Crippen LogP contribution in [0.2, 0.25) is 0 Å². The summed E-state index contributed by atoms with van der Waals surface area (Å²) >= 11 is 0. The average Bonchev–Trinajstić information content (AvgIpc) is 3.44. The predicted octanol–water partition coefficient (Wildman–Crippen LogP) is 2.32. The lowest BCUT2D eigenvalue weighted by Crippen LogP contribution is -2.42. The first-order chi connectivity index (χ1) is 12.8. The van der Waals surface area contributed by atoms with E-state index in [9.17, 15) is 0 Å². The van der Waals surface area contributed by atoms with Crippen LogP contribution in [-0.4, -0.2) is 69.7 Å². The van der Waals surface area contributed by atoms with Crippen molar-refractivity contribution in [2.45, 2.75) is 38.8 Å². The standard InChI is InChI=1S/C18H27N7O.HI/c1-2-19-18(25-10-7-14(13-25)24-8-3-4-9-24)20-12-16-21-17(23-22-16)15-6-5-11-26-15;/h5-6,11,14H,2-4,7-10,12-13H2,1H3,(H,19,20)(H,21,22,23);1H. The highest BCUT2D eigenvalue weighted by atomic mass is 127. The van der Waals surface area contributed by atoms with Crippen LogP contribution in [0.15, 0.2) is 27.8 Å². The summed E-state index contributed by atoms with van der Waals surface area (Å²) in [5.74, 6) is 2.93. The van der Waals surface area contributed by atoms with Gasteiger partial charge in [0, 0.05) is 25.7 Å². The fourth-order valence-electron chi connectivity index (χ4n) is 3.80. The number of likely N-dealkylation sites (tertiary alicyclic amines) is 2. The summed E-state index contributed by atoms with van der Waals surface area (Å²) in [5, 5.41) is 10.6. The molecule has 0 spiro atoms. The number of aromatic amines is 1. The van der Waals surface area contributed by atoms with Gasteiger partial charge in [0.2, 0.25) is 5.82 Å². The molecule has 0 aromatic carbocycles. The van der Waals surface area contributed by atoms with Crippen LogP contribution in [0, 0.1) is 0 Å². The Kier molecular flexibility index (Phi) is 7.11. The lowest BCUT2D eigenvalue weighted by molar-refractivity contribution is 0.249. The van der Waals surface area contributed by atoms with Crippen LogP contribution >= 0.6 is 24.0 Å². The molecule has 2 aromatic heterocycles. The van der Waals surface area contributed by atoms with Crippen molar-refractivity contribution in [3.05, 3.63) is 24.2 Å². The van der Waals surface area contributed by atoms with E-state index in [4.69, 9.17) is 9.41 Å². The van der Waals surface area contributed by atoms with E-state index in [1.165, 1.54) is 32.4 Å². The van der Waals surface area contributed by atoms with Crippen molar-refractivity contribution in [2.75, 3.05) is 32.7 Å². The third-order valence-corrected chi connectivity index (χ3v) is 5.11. The molecule has 2 aliphatic heterocycles. The van der Waals surface area contributed by atoms with Gasteiger partial charge < -0.3 is 14.6 Å². The maximum Gasteiger partial charge on any atom is 0.216 e.